The number of rotatable bonds is 7. The molecule has 0 spiro atoms. The van der Waals surface area contributed by atoms with Crippen molar-refractivity contribution in [2.75, 3.05) is 39.2 Å². The molecule has 0 aliphatic carbocycles. The molecule has 0 saturated carbocycles. The first-order valence-corrected chi connectivity index (χ1v) is 7.61. The monoisotopic (exact) mass is 293 g/mol. The summed E-state index contributed by atoms with van der Waals surface area (Å²) in [6.45, 7) is 2.77. The molecular weight excluding hydrogens is 266 g/mol. The third-order valence-corrected chi connectivity index (χ3v) is 3.26. The van der Waals surface area contributed by atoms with Gasteiger partial charge in [0.05, 0.1) is 6.61 Å². The van der Waals surface area contributed by atoms with Crippen molar-refractivity contribution < 1.29 is 9.53 Å². The van der Waals surface area contributed by atoms with E-state index in [1.54, 1.807) is 7.11 Å². The minimum Gasteiger partial charge on any atom is -0.383 e. The summed E-state index contributed by atoms with van der Waals surface area (Å²) in [4.78, 5) is 14.8. The molecule has 0 fully saturated rings. The Morgan fingerprint density at radius 1 is 1.48 bits per heavy atom. The molecular formula is C16H27N3O2. The Morgan fingerprint density at radius 2 is 2.33 bits per heavy atom. The number of aromatic nitrogens is 1. The zero-order valence-corrected chi connectivity index (χ0v) is 13.2. The summed E-state index contributed by atoms with van der Waals surface area (Å²) in [7, 11) is 3.59. The number of anilines is 1. The molecule has 2 N–H and O–H groups in total. The van der Waals surface area contributed by atoms with Crippen LogP contribution < -0.4 is 10.6 Å². The molecule has 0 bridgehead atoms. The van der Waals surface area contributed by atoms with E-state index >= 15 is 0 Å². The lowest BCUT2D eigenvalue weighted by Crippen LogP contribution is -2.13. The van der Waals surface area contributed by atoms with Crippen molar-refractivity contribution in [2.24, 2.45) is 0 Å². The largest absolute Gasteiger partial charge is 0.383 e. The predicted octanol–water partition coefficient (Wildman–Crippen LogP) is 1.81. The molecule has 0 amide bonds. The maximum atomic E-state index is 10.2. The zero-order chi connectivity index (χ0) is 15.3. The van der Waals surface area contributed by atoms with Crippen LogP contribution in [0.2, 0.25) is 0 Å². The molecule has 21 heavy (non-hydrogen) atoms. The lowest BCUT2D eigenvalue weighted by Gasteiger charge is -2.17. The van der Waals surface area contributed by atoms with Gasteiger partial charge in [0, 0.05) is 32.3 Å². The summed E-state index contributed by atoms with van der Waals surface area (Å²) in [5, 5.41) is 6.26. The number of hydrogen-bond donors (Lipinski definition) is 2. The number of ether oxygens (including phenoxy) is 1. The molecule has 0 unspecified atom stereocenters. The van der Waals surface area contributed by atoms with E-state index in [0.717, 1.165) is 56.8 Å². The summed E-state index contributed by atoms with van der Waals surface area (Å²) < 4.78 is 4.72. The van der Waals surface area contributed by atoms with Gasteiger partial charge in [-0.15, -0.1) is 0 Å². The van der Waals surface area contributed by atoms with E-state index in [2.05, 4.69) is 27.8 Å². The van der Waals surface area contributed by atoms with Crippen molar-refractivity contribution in [2.45, 2.75) is 32.1 Å². The van der Waals surface area contributed by atoms with E-state index in [4.69, 9.17) is 4.74 Å². The van der Waals surface area contributed by atoms with Crippen LogP contribution in [0.1, 0.15) is 30.5 Å². The smallest absolute Gasteiger partial charge is 0.129 e. The molecule has 1 aliphatic heterocycles. The highest BCUT2D eigenvalue weighted by molar-refractivity contribution is 5.49. The number of nitrogens with one attached hydrogen (secondary N) is 2. The fourth-order valence-electron chi connectivity index (χ4n) is 2.08. The van der Waals surface area contributed by atoms with Crippen LogP contribution in [-0.2, 0) is 22.4 Å². The van der Waals surface area contributed by atoms with Crippen LogP contribution >= 0.6 is 0 Å². The van der Waals surface area contributed by atoms with Gasteiger partial charge in [-0.25, -0.2) is 4.98 Å². The Kier molecular flexibility index (Phi) is 9.40. The summed E-state index contributed by atoms with van der Waals surface area (Å²) in [5.74, 6) is 1.05. The van der Waals surface area contributed by atoms with Gasteiger partial charge in [-0.1, -0.05) is 6.07 Å². The molecule has 118 valence electrons. The van der Waals surface area contributed by atoms with Gasteiger partial charge in [0.2, 0.25) is 0 Å². The quantitative estimate of drug-likeness (QED) is 0.593. The summed E-state index contributed by atoms with van der Waals surface area (Å²) in [5.41, 5.74) is 2.41. The minimum atomic E-state index is 0.631. The highest BCUT2D eigenvalue weighted by atomic mass is 16.5. The highest BCUT2D eigenvalue weighted by Crippen LogP contribution is 2.20. The number of methoxy groups -OCH3 is 1. The Bertz CT molecular complexity index is 407. The molecule has 1 aromatic rings. The predicted molar refractivity (Wildman–Crippen MR) is 85.9 cm³/mol. The van der Waals surface area contributed by atoms with Crippen LogP contribution in [0.15, 0.2) is 12.1 Å². The number of fused-ring (bicyclic) bond motifs is 1. The van der Waals surface area contributed by atoms with E-state index in [9.17, 15) is 4.79 Å². The van der Waals surface area contributed by atoms with E-state index in [-0.39, 0.29) is 0 Å². The second-order valence-corrected chi connectivity index (χ2v) is 5.00. The van der Waals surface area contributed by atoms with E-state index in [0.29, 0.717) is 6.42 Å². The third-order valence-electron chi connectivity index (χ3n) is 3.26. The van der Waals surface area contributed by atoms with Gasteiger partial charge in [-0.2, -0.15) is 0 Å². The maximum absolute atomic E-state index is 10.2. The molecule has 0 radical (unpaired) electrons. The number of carbonyl (C=O) groups excluding carboxylic acids is 1. The SMILES string of the molecule is CNCCOC.O=CCCCc1ccc2c(n1)NCCC2. The van der Waals surface area contributed by atoms with Gasteiger partial charge >= 0.3 is 0 Å². The van der Waals surface area contributed by atoms with Gasteiger partial charge in [-0.05, 0) is 44.4 Å². The number of aryl methyl sites for hydroxylation is 2. The number of unbranched alkanes of at least 4 members (excludes halogenated alkanes) is 1. The van der Waals surface area contributed by atoms with E-state index in [1.165, 1.54) is 12.0 Å². The molecule has 0 saturated heterocycles. The Balaban J connectivity index is 0.000000315. The number of carbonyl (C=O) groups is 1. The molecule has 0 atom stereocenters. The summed E-state index contributed by atoms with van der Waals surface area (Å²) in [6, 6.07) is 4.24. The zero-order valence-electron chi connectivity index (χ0n) is 13.2. The van der Waals surface area contributed by atoms with Crippen LogP contribution in [0.3, 0.4) is 0 Å². The van der Waals surface area contributed by atoms with Crippen molar-refractivity contribution in [1.82, 2.24) is 10.3 Å². The van der Waals surface area contributed by atoms with Crippen LogP contribution in [-0.4, -0.2) is 45.1 Å². The van der Waals surface area contributed by atoms with Gasteiger partial charge in [0.15, 0.2) is 0 Å². The molecule has 5 heteroatoms. The van der Waals surface area contributed by atoms with Gasteiger partial charge < -0.3 is 20.2 Å². The first-order chi connectivity index (χ1) is 10.3. The van der Waals surface area contributed by atoms with Crippen LogP contribution in [0, 0.1) is 0 Å². The number of likely N-dealkylation sites (N-methyl/N-ethyl adjacent to an activating group) is 1. The van der Waals surface area contributed by atoms with E-state index < -0.39 is 0 Å². The van der Waals surface area contributed by atoms with Gasteiger partial charge in [0.1, 0.15) is 12.1 Å². The Hall–Kier alpha value is -1.46. The molecule has 2 heterocycles. The van der Waals surface area contributed by atoms with Crippen molar-refractivity contribution in [3.63, 3.8) is 0 Å². The number of nitrogens with zero attached hydrogens (tertiary/aromatic N) is 1. The first kappa shape index (κ1) is 17.6. The van der Waals surface area contributed by atoms with E-state index in [1.807, 2.05) is 7.05 Å². The average Bonchev–Trinajstić information content (AvgIpc) is 2.53. The maximum Gasteiger partial charge on any atom is 0.129 e. The lowest BCUT2D eigenvalue weighted by molar-refractivity contribution is -0.107. The summed E-state index contributed by atoms with van der Waals surface area (Å²) in [6.07, 6.45) is 5.72. The van der Waals surface area contributed by atoms with Crippen LogP contribution in [0.25, 0.3) is 0 Å². The molecule has 0 aromatic carbocycles. The number of hydrogen-bond acceptors (Lipinski definition) is 5. The van der Waals surface area contributed by atoms with Gasteiger partial charge in [0.25, 0.3) is 0 Å². The molecule has 2 rings (SSSR count). The minimum absolute atomic E-state index is 0.631. The topological polar surface area (TPSA) is 63.2 Å². The third kappa shape index (κ3) is 7.20. The first-order valence-electron chi connectivity index (χ1n) is 7.61. The normalized spacial score (nSPS) is 12.7. The second-order valence-electron chi connectivity index (χ2n) is 5.00. The van der Waals surface area contributed by atoms with Crippen molar-refractivity contribution in [3.05, 3.63) is 23.4 Å². The van der Waals surface area contributed by atoms with Gasteiger partial charge in [-0.3, -0.25) is 0 Å². The van der Waals surface area contributed by atoms with Crippen molar-refractivity contribution >= 4 is 12.1 Å². The summed E-state index contributed by atoms with van der Waals surface area (Å²) >= 11 is 0. The molecule has 5 nitrogen and oxygen atoms in total. The number of pyridine rings is 1. The van der Waals surface area contributed by atoms with Crippen LogP contribution in [0.5, 0.6) is 0 Å². The van der Waals surface area contributed by atoms with Crippen LogP contribution in [0.4, 0.5) is 5.82 Å². The standard InChI is InChI=1S/C12H16N2O.C4H11NO/c15-9-2-1-5-11-7-6-10-4-3-8-13-12(10)14-11;1-5-3-4-6-2/h6-7,9H,1-5,8H2,(H,13,14);5H,3-4H2,1-2H3. The van der Waals surface area contributed by atoms with Crippen molar-refractivity contribution in [3.8, 4) is 0 Å². The Labute approximate surface area is 127 Å². The average molecular weight is 293 g/mol. The second kappa shape index (κ2) is 11.2. The Morgan fingerprint density at radius 3 is 3.00 bits per heavy atom. The fourth-order valence-corrected chi connectivity index (χ4v) is 2.08. The van der Waals surface area contributed by atoms with Crippen molar-refractivity contribution in [1.29, 1.82) is 0 Å². The fraction of sp³-hybridized carbons (Fsp3) is 0.625. The highest BCUT2D eigenvalue weighted by Gasteiger charge is 2.09. The molecule has 1 aromatic heterocycles. The lowest BCUT2D eigenvalue weighted by atomic mass is 10.1. The number of aldehydes is 1. The molecule has 1 aliphatic rings.